The highest BCUT2D eigenvalue weighted by atomic mass is 16.3. The summed E-state index contributed by atoms with van der Waals surface area (Å²) in [5, 5.41) is 15.2. The van der Waals surface area contributed by atoms with Gasteiger partial charge in [-0.25, -0.2) is 0 Å². The van der Waals surface area contributed by atoms with E-state index in [4.69, 9.17) is 10.2 Å². The molecule has 0 unspecified atom stereocenters. The molecule has 3 aromatic heterocycles. The average Bonchev–Trinajstić information content (AvgIpc) is 3.38. The zero-order valence-corrected chi connectivity index (χ0v) is 16.2. The smallest absolute Gasteiger partial charge is 0.219 e. The Bertz CT molecular complexity index is 958. The number of piperidine rings is 1. The fourth-order valence-corrected chi connectivity index (χ4v) is 3.68. The lowest BCUT2D eigenvalue weighted by atomic mass is 9.85. The van der Waals surface area contributed by atoms with E-state index in [1.807, 2.05) is 30.5 Å². The first-order chi connectivity index (χ1) is 14.0. The number of nitrogens with two attached hydrogens (primary N) is 1. The highest BCUT2D eigenvalue weighted by Crippen LogP contribution is 2.33. The lowest BCUT2D eigenvalue weighted by molar-refractivity contribution is -0.118. The van der Waals surface area contributed by atoms with Crippen molar-refractivity contribution in [1.29, 1.82) is 0 Å². The van der Waals surface area contributed by atoms with Crippen molar-refractivity contribution in [3.63, 3.8) is 0 Å². The Kier molecular flexibility index (Phi) is 5.46. The molecular formula is C21H25N5O3. The van der Waals surface area contributed by atoms with Crippen LogP contribution < -0.4 is 5.73 Å². The standard InChI is InChI=1S/C21H25N5O3/c22-20(27)5-9-26-14-16(12-24-26)19-4-3-18(29-19)15-25-10-6-21(28,7-11-25)17-2-1-8-23-13-17/h1-4,8,12-14,28H,5-7,9-11,15H2,(H2,22,27). The Hall–Kier alpha value is -2.97. The van der Waals surface area contributed by atoms with Gasteiger partial charge in [-0.15, -0.1) is 0 Å². The van der Waals surface area contributed by atoms with Crippen LogP contribution in [0.2, 0.25) is 0 Å². The number of nitrogens with zero attached hydrogens (tertiary/aromatic N) is 4. The normalized spacial score (nSPS) is 16.7. The molecule has 1 fully saturated rings. The fraction of sp³-hybridized carbons (Fsp3) is 0.381. The molecule has 1 aliphatic rings. The number of aliphatic hydroxyl groups is 1. The summed E-state index contributed by atoms with van der Waals surface area (Å²) >= 11 is 0. The average molecular weight is 395 g/mol. The molecule has 1 saturated heterocycles. The van der Waals surface area contributed by atoms with Gasteiger partial charge in [0.2, 0.25) is 5.91 Å². The van der Waals surface area contributed by atoms with Gasteiger partial charge in [-0.3, -0.25) is 19.4 Å². The molecule has 0 spiro atoms. The summed E-state index contributed by atoms with van der Waals surface area (Å²) in [5.41, 5.74) is 6.12. The lowest BCUT2D eigenvalue weighted by Gasteiger charge is -2.38. The van der Waals surface area contributed by atoms with Crippen molar-refractivity contribution in [3.8, 4) is 11.3 Å². The van der Waals surface area contributed by atoms with Gasteiger partial charge < -0.3 is 15.3 Å². The second-order valence-corrected chi connectivity index (χ2v) is 7.52. The van der Waals surface area contributed by atoms with Gasteiger partial charge in [-0.1, -0.05) is 6.07 Å². The fourth-order valence-electron chi connectivity index (χ4n) is 3.68. The van der Waals surface area contributed by atoms with E-state index in [9.17, 15) is 9.90 Å². The van der Waals surface area contributed by atoms with Crippen LogP contribution in [-0.2, 0) is 23.5 Å². The van der Waals surface area contributed by atoms with Crippen molar-refractivity contribution in [1.82, 2.24) is 19.7 Å². The Balaban J connectivity index is 1.34. The number of primary amides is 1. The molecule has 3 aromatic rings. The van der Waals surface area contributed by atoms with Crippen molar-refractivity contribution in [3.05, 3.63) is 60.4 Å². The maximum Gasteiger partial charge on any atom is 0.219 e. The number of aromatic nitrogens is 3. The Labute approximate surface area is 169 Å². The van der Waals surface area contributed by atoms with Gasteiger partial charge in [0.05, 0.1) is 23.9 Å². The van der Waals surface area contributed by atoms with Crippen molar-refractivity contribution < 1.29 is 14.3 Å². The summed E-state index contributed by atoms with van der Waals surface area (Å²) in [6.07, 6.45) is 8.62. The predicted octanol–water partition coefficient (Wildman–Crippen LogP) is 1.90. The molecule has 0 bridgehead atoms. The molecule has 4 heterocycles. The number of aryl methyl sites for hydroxylation is 1. The third kappa shape index (κ3) is 4.55. The van der Waals surface area contributed by atoms with Crippen LogP contribution >= 0.6 is 0 Å². The number of hydrogen-bond donors (Lipinski definition) is 2. The molecule has 3 N–H and O–H groups in total. The minimum absolute atomic E-state index is 0.255. The Morgan fingerprint density at radius 2 is 2.07 bits per heavy atom. The molecule has 1 amide bonds. The molecule has 4 rings (SSSR count). The number of hydrogen-bond acceptors (Lipinski definition) is 6. The molecular weight excluding hydrogens is 370 g/mol. The zero-order chi connectivity index (χ0) is 20.3. The summed E-state index contributed by atoms with van der Waals surface area (Å²) in [6, 6.07) is 7.70. The Morgan fingerprint density at radius 3 is 2.79 bits per heavy atom. The first-order valence-electron chi connectivity index (χ1n) is 9.77. The number of pyridine rings is 1. The molecule has 0 saturated carbocycles. The van der Waals surface area contributed by atoms with Gasteiger partial charge in [-0.2, -0.15) is 5.10 Å². The third-order valence-electron chi connectivity index (χ3n) is 5.43. The van der Waals surface area contributed by atoms with E-state index < -0.39 is 5.60 Å². The monoisotopic (exact) mass is 395 g/mol. The quantitative estimate of drug-likeness (QED) is 0.632. The second kappa shape index (κ2) is 8.18. The summed E-state index contributed by atoms with van der Waals surface area (Å²) in [5.74, 6) is 1.27. The van der Waals surface area contributed by atoms with Gasteiger partial charge in [0, 0.05) is 50.2 Å². The van der Waals surface area contributed by atoms with Crippen molar-refractivity contribution >= 4 is 5.91 Å². The molecule has 8 heteroatoms. The van der Waals surface area contributed by atoms with Crippen molar-refractivity contribution in [2.45, 2.75) is 38.0 Å². The SMILES string of the molecule is NC(=O)CCn1cc(-c2ccc(CN3CCC(O)(c4cccnc4)CC3)o2)cn1. The largest absolute Gasteiger partial charge is 0.460 e. The lowest BCUT2D eigenvalue weighted by Crippen LogP contribution is -2.42. The summed E-state index contributed by atoms with van der Waals surface area (Å²) in [6.45, 7) is 2.72. The third-order valence-corrected chi connectivity index (χ3v) is 5.43. The highest BCUT2D eigenvalue weighted by molar-refractivity contribution is 5.73. The summed E-state index contributed by atoms with van der Waals surface area (Å²) < 4.78 is 7.68. The Morgan fingerprint density at radius 1 is 1.24 bits per heavy atom. The summed E-state index contributed by atoms with van der Waals surface area (Å²) in [4.78, 5) is 17.3. The van der Waals surface area contributed by atoms with Crippen LogP contribution in [0.1, 0.15) is 30.6 Å². The zero-order valence-electron chi connectivity index (χ0n) is 16.2. The van der Waals surface area contributed by atoms with Crippen LogP contribution in [-0.4, -0.2) is 43.8 Å². The molecule has 0 aromatic carbocycles. The number of amides is 1. The number of carbonyl (C=O) groups is 1. The molecule has 29 heavy (non-hydrogen) atoms. The van der Waals surface area contributed by atoms with E-state index >= 15 is 0 Å². The predicted molar refractivity (Wildman–Crippen MR) is 106 cm³/mol. The number of carbonyl (C=O) groups excluding carboxylic acids is 1. The van der Waals surface area contributed by atoms with E-state index in [2.05, 4.69) is 15.0 Å². The van der Waals surface area contributed by atoms with E-state index in [-0.39, 0.29) is 12.3 Å². The topological polar surface area (TPSA) is 110 Å². The maximum atomic E-state index is 10.9. The van der Waals surface area contributed by atoms with Gasteiger partial charge >= 0.3 is 0 Å². The second-order valence-electron chi connectivity index (χ2n) is 7.52. The molecule has 1 aliphatic heterocycles. The first kappa shape index (κ1) is 19.4. The van der Waals surface area contributed by atoms with Crippen LogP contribution in [0, 0.1) is 0 Å². The van der Waals surface area contributed by atoms with Gasteiger partial charge in [0.15, 0.2) is 0 Å². The van der Waals surface area contributed by atoms with Crippen LogP contribution in [0.5, 0.6) is 0 Å². The van der Waals surface area contributed by atoms with Crippen molar-refractivity contribution in [2.75, 3.05) is 13.1 Å². The number of likely N-dealkylation sites (tertiary alicyclic amines) is 1. The molecule has 152 valence electrons. The van der Waals surface area contributed by atoms with E-state index in [1.165, 1.54) is 0 Å². The molecule has 0 atom stereocenters. The van der Waals surface area contributed by atoms with Crippen LogP contribution in [0.15, 0.2) is 53.5 Å². The maximum absolute atomic E-state index is 10.9. The van der Waals surface area contributed by atoms with Crippen LogP contribution in [0.4, 0.5) is 0 Å². The summed E-state index contributed by atoms with van der Waals surface area (Å²) in [7, 11) is 0. The van der Waals surface area contributed by atoms with Crippen molar-refractivity contribution in [2.24, 2.45) is 5.73 Å². The molecule has 8 nitrogen and oxygen atoms in total. The van der Waals surface area contributed by atoms with E-state index in [0.717, 1.165) is 35.7 Å². The molecule has 0 radical (unpaired) electrons. The number of furan rings is 1. The van der Waals surface area contributed by atoms with Gasteiger partial charge in [0.25, 0.3) is 0 Å². The molecule has 0 aliphatic carbocycles. The number of rotatable bonds is 7. The van der Waals surface area contributed by atoms with E-state index in [0.29, 0.717) is 25.9 Å². The first-order valence-corrected chi connectivity index (χ1v) is 9.77. The van der Waals surface area contributed by atoms with Gasteiger partial charge in [-0.05, 0) is 31.0 Å². The minimum atomic E-state index is -0.807. The minimum Gasteiger partial charge on any atom is -0.460 e. The van der Waals surface area contributed by atoms with E-state index in [1.54, 1.807) is 23.3 Å². The van der Waals surface area contributed by atoms with Crippen LogP contribution in [0.3, 0.4) is 0 Å². The van der Waals surface area contributed by atoms with Gasteiger partial charge in [0.1, 0.15) is 11.5 Å². The highest BCUT2D eigenvalue weighted by Gasteiger charge is 2.34. The van der Waals surface area contributed by atoms with Crippen LogP contribution in [0.25, 0.3) is 11.3 Å².